The molecule has 1 amide bonds. The number of carbonyl (C=O) groups is 1. The van der Waals surface area contributed by atoms with Crippen molar-refractivity contribution in [3.05, 3.63) is 28.2 Å². The topological polar surface area (TPSA) is 135 Å². The second-order valence-electron chi connectivity index (χ2n) is 6.89. The summed E-state index contributed by atoms with van der Waals surface area (Å²) in [7, 11) is 0. The van der Waals surface area contributed by atoms with E-state index < -0.39 is 17.8 Å². The van der Waals surface area contributed by atoms with E-state index in [0.29, 0.717) is 21.3 Å². The Morgan fingerprint density at radius 2 is 2.00 bits per heavy atom. The normalized spacial score (nSPS) is 12.4. The molecule has 1 unspecified atom stereocenters. The average molecular weight is 429 g/mol. The van der Waals surface area contributed by atoms with Crippen molar-refractivity contribution in [2.45, 2.75) is 32.5 Å². The van der Waals surface area contributed by atoms with Crippen LogP contribution in [0.3, 0.4) is 0 Å². The van der Waals surface area contributed by atoms with E-state index in [4.69, 9.17) is 33.7 Å². The molecule has 0 aliphatic carbocycles. The number of nitrogens with one attached hydrogen (secondary N) is 2. The van der Waals surface area contributed by atoms with Crippen molar-refractivity contribution in [3.63, 3.8) is 0 Å². The smallest absolute Gasteiger partial charge is 0.407 e. The van der Waals surface area contributed by atoms with Gasteiger partial charge < -0.3 is 26.2 Å². The van der Waals surface area contributed by atoms with Crippen molar-refractivity contribution in [3.8, 4) is 11.3 Å². The van der Waals surface area contributed by atoms with E-state index in [1.54, 1.807) is 39.0 Å². The summed E-state index contributed by atoms with van der Waals surface area (Å²) in [5.41, 5.74) is 6.14. The SMILES string of the molecule is CC(C)(C)OC(=O)NCC(O)CNc1nnc(-c2cccc(Cl)c2Cl)c(N)n1. The van der Waals surface area contributed by atoms with Crippen molar-refractivity contribution in [1.82, 2.24) is 20.5 Å². The van der Waals surface area contributed by atoms with E-state index in [0.717, 1.165) is 0 Å². The minimum Gasteiger partial charge on any atom is -0.444 e. The van der Waals surface area contributed by atoms with E-state index in [1.165, 1.54) is 0 Å². The van der Waals surface area contributed by atoms with E-state index in [1.807, 2.05) is 0 Å². The average Bonchev–Trinajstić information content (AvgIpc) is 2.59. The molecular weight excluding hydrogens is 407 g/mol. The summed E-state index contributed by atoms with van der Waals surface area (Å²) >= 11 is 12.2. The summed E-state index contributed by atoms with van der Waals surface area (Å²) in [6, 6.07) is 5.06. The summed E-state index contributed by atoms with van der Waals surface area (Å²) in [5, 5.41) is 23.8. The Balaban J connectivity index is 1.92. The summed E-state index contributed by atoms with van der Waals surface area (Å²) in [4.78, 5) is 15.7. The van der Waals surface area contributed by atoms with Gasteiger partial charge in [-0.15, -0.1) is 10.2 Å². The predicted octanol–water partition coefficient (Wildman–Crippen LogP) is 2.73. The number of ether oxygens (including phenoxy) is 1. The van der Waals surface area contributed by atoms with Crippen LogP contribution >= 0.6 is 23.2 Å². The third kappa shape index (κ3) is 6.36. The number of aromatic nitrogens is 3. The van der Waals surface area contributed by atoms with Gasteiger partial charge in [0, 0.05) is 18.7 Å². The maximum atomic E-state index is 11.6. The Morgan fingerprint density at radius 1 is 1.29 bits per heavy atom. The maximum Gasteiger partial charge on any atom is 0.407 e. The number of amides is 1. The van der Waals surface area contributed by atoms with Crippen molar-refractivity contribution in [1.29, 1.82) is 0 Å². The minimum atomic E-state index is -0.903. The molecule has 5 N–H and O–H groups in total. The highest BCUT2D eigenvalue weighted by Crippen LogP contribution is 2.34. The third-order valence-corrected chi connectivity index (χ3v) is 4.12. The van der Waals surface area contributed by atoms with Crippen molar-refractivity contribution in [2.75, 3.05) is 24.1 Å². The monoisotopic (exact) mass is 428 g/mol. The first-order valence-electron chi connectivity index (χ1n) is 8.40. The van der Waals surface area contributed by atoms with Gasteiger partial charge in [-0.05, 0) is 26.8 Å². The molecule has 1 heterocycles. The molecule has 152 valence electrons. The van der Waals surface area contributed by atoms with E-state index in [2.05, 4.69) is 25.8 Å². The Morgan fingerprint density at radius 3 is 2.64 bits per heavy atom. The molecule has 0 aliphatic heterocycles. The number of carbonyl (C=O) groups excluding carboxylic acids is 1. The first kappa shape index (κ1) is 21.9. The Hall–Kier alpha value is -2.36. The number of nitrogens with two attached hydrogens (primary N) is 1. The van der Waals surface area contributed by atoms with Crippen molar-refractivity contribution in [2.24, 2.45) is 0 Å². The van der Waals surface area contributed by atoms with Crippen molar-refractivity contribution < 1.29 is 14.6 Å². The fraction of sp³-hybridized carbons (Fsp3) is 0.412. The zero-order valence-corrected chi connectivity index (χ0v) is 17.2. The molecule has 1 atom stereocenters. The predicted molar refractivity (Wildman–Crippen MR) is 108 cm³/mol. The number of nitrogen functional groups attached to an aromatic ring is 1. The van der Waals surface area contributed by atoms with Crippen molar-refractivity contribution >= 4 is 41.1 Å². The fourth-order valence-electron chi connectivity index (χ4n) is 2.09. The largest absolute Gasteiger partial charge is 0.444 e. The first-order chi connectivity index (χ1) is 13.1. The molecular formula is C17H22Cl2N6O3. The number of halogens is 2. The Bertz CT molecular complexity index is 844. The number of alkyl carbamates (subject to hydrolysis) is 1. The van der Waals surface area contributed by atoms with Gasteiger partial charge >= 0.3 is 6.09 Å². The van der Waals surface area contributed by atoms with Gasteiger partial charge in [-0.1, -0.05) is 35.3 Å². The zero-order chi connectivity index (χ0) is 20.9. The van der Waals surface area contributed by atoms with Crippen LogP contribution in [-0.4, -0.2) is 51.2 Å². The van der Waals surface area contributed by atoms with Gasteiger partial charge in [0.05, 0.1) is 16.1 Å². The first-order valence-corrected chi connectivity index (χ1v) is 9.16. The molecule has 11 heteroatoms. The third-order valence-electron chi connectivity index (χ3n) is 3.30. The molecule has 9 nitrogen and oxygen atoms in total. The molecule has 28 heavy (non-hydrogen) atoms. The summed E-state index contributed by atoms with van der Waals surface area (Å²) in [5.74, 6) is 0.221. The van der Waals surface area contributed by atoms with Gasteiger partial charge in [-0.25, -0.2) is 4.79 Å². The highest BCUT2D eigenvalue weighted by molar-refractivity contribution is 6.43. The molecule has 0 fully saturated rings. The van der Waals surface area contributed by atoms with Gasteiger partial charge in [-0.3, -0.25) is 0 Å². The Labute approximate surface area is 172 Å². The molecule has 0 radical (unpaired) electrons. The summed E-state index contributed by atoms with van der Waals surface area (Å²) in [6.45, 7) is 5.30. The lowest BCUT2D eigenvalue weighted by Crippen LogP contribution is -2.39. The number of hydrogen-bond donors (Lipinski definition) is 4. The van der Waals surface area contributed by atoms with Crippen LogP contribution in [0.15, 0.2) is 18.2 Å². The van der Waals surface area contributed by atoms with Crippen LogP contribution in [0, 0.1) is 0 Å². The standard InChI is InChI=1S/C17H22Cl2N6O3/c1-17(2,3)28-16(27)22-8-9(26)7-21-15-23-14(20)13(24-25-15)10-5-4-6-11(18)12(10)19/h4-6,9,26H,7-8H2,1-3H3,(H,22,27)(H3,20,21,23,25). The van der Waals surface area contributed by atoms with Gasteiger partial charge in [0.2, 0.25) is 5.95 Å². The molecule has 0 saturated heterocycles. The molecule has 2 rings (SSSR count). The van der Waals surface area contributed by atoms with Gasteiger partial charge in [0.25, 0.3) is 0 Å². The van der Waals surface area contributed by atoms with Gasteiger partial charge in [-0.2, -0.15) is 4.98 Å². The van der Waals surface area contributed by atoms with E-state index in [-0.39, 0.29) is 24.9 Å². The number of anilines is 2. The highest BCUT2D eigenvalue weighted by Gasteiger charge is 2.17. The number of rotatable bonds is 6. The molecule has 1 aromatic carbocycles. The van der Waals surface area contributed by atoms with Crippen LogP contribution in [0.1, 0.15) is 20.8 Å². The van der Waals surface area contributed by atoms with Gasteiger partial charge in [0.15, 0.2) is 5.82 Å². The molecule has 0 saturated carbocycles. The lowest BCUT2D eigenvalue weighted by Gasteiger charge is -2.20. The van der Waals surface area contributed by atoms with Gasteiger partial charge in [0.1, 0.15) is 11.3 Å². The maximum absolute atomic E-state index is 11.6. The van der Waals surface area contributed by atoms with Crippen LogP contribution in [-0.2, 0) is 4.74 Å². The molecule has 1 aromatic heterocycles. The summed E-state index contributed by atoms with van der Waals surface area (Å²) < 4.78 is 5.09. The lowest BCUT2D eigenvalue weighted by atomic mass is 10.1. The minimum absolute atomic E-state index is 0.0129. The second kappa shape index (κ2) is 9.22. The highest BCUT2D eigenvalue weighted by atomic mass is 35.5. The van der Waals surface area contributed by atoms with E-state index in [9.17, 15) is 9.90 Å². The molecule has 2 aromatic rings. The van der Waals surface area contributed by atoms with Crippen LogP contribution in [0.4, 0.5) is 16.6 Å². The number of aliphatic hydroxyl groups is 1. The van der Waals surface area contributed by atoms with Crippen LogP contribution < -0.4 is 16.4 Å². The molecule has 0 spiro atoms. The number of hydrogen-bond acceptors (Lipinski definition) is 8. The Kier molecular flexibility index (Phi) is 7.22. The van der Waals surface area contributed by atoms with Crippen LogP contribution in [0.2, 0.25) is 10.0 Å². The molecule has 0 bridgehead atoms. The van der Waals surface area contributed by atoms with Crippen LogP contribution in [0.25, 0.3) is 11.3 Å². The molecule has 0 aliphatic rings. The summed E-state index contributed by atoms with van der Waals surface area (Å²) in [6.07, 6.45) is -1.52. The zero-order valence-electron chi connectivity index (χ0n) is 15.7. The van der Waals surface area contributed by atoms with Crippen LogP contribution in [0.5, 0.6) is 0 Å². The second-order valence-corrected chi connectivity index (χ2v) is 7.67. The number of benzene rings is 1. The fourth-order valence-corrected chi connectivity index (χ4v) is 2.48. The quantitative estimate of drug-likeness (QED) is 0.551. The lowest BCUT2D eigenvalue weighted by molar-refractivity contribution is 0.0496. The van der Waals surface area contributed by atoms with E-state index >= 15 is 0 Å². The number of aliphatic hydroxyl groups excluding tert-OH is 1. The number of nitrogens with zero attached hydrogens (tertiary/aromatic N) is 3.